The molecule has 0 saturated heterocycles. The summed E-state index contributed by atoms with van der Waals surface area (Å²) in [5, 5.41) is 0. The van der Waals surface area contributed by atoms with Crippen LogP contribution in [0.2, 0.25) is 0 Å². The standard InChI is InChI=1S/B21H/c1-13(2)18(11)20(21(16(7)8)17(9)10)12-19(14(3)4)15(5)6/h12H/i12T. The molecular formula is HB21. The van der Waals surface area contributed by atoms with Crippen molar-refractivity contribution in [1.82, 2.24) is 0 Å². The lowest BCUT2D eigenvalue weighted by molar-refractivity contribution is 3.38. The molecule has 0 fully saturated rings. The first-order valence-corrected chi connectivity index (χ1v) is 6.67. The van der Waals surface area contributed by atoms with Crippen LogP contribution in [0.25, 0.3) is 0 Å². The second-order valence-electron chi connectivity index (χ2n) is 5.39. The fourth-order valence-electron chi connectivity index (χ4n) is 2.31. The average molecular weight is 230 g/mol. The second-order valence-corrected chi connectivity index (χ2v) is 5.39. The highest BCUT2D eigenvalue weighted by Crippen LogP contribution is 2.01. The Bertz CT molecular complexity index is 274. The van der Waals surface area contributed by atoms with Gasteiger partial charge in [0, 0.05) is 150 Å². The van der Waals surface area contributed by atoms with E-state index in [0.29, 0.717) is 0 Å². The molecular weight excluding hydrogens is 227 g/mol. The lowest BCUT2D eigenvalue weighted by atomic mass is 8.43. The van der Waals surface area contributed by atoms with Gasteiger partial charge in [0.1, 0.15) is 0 Å². The summed E-state index contributed by atoms with van der Waals surface area (Å²) in [5.41, 5.74) is 0. The fraction of sp³-hybridized carbons (Fsp3) is 0. The zero-order chi connectivity index (χ0) is 17.8. The third kappa shape index (κ3) is 7.20. The molecule has 0 rings (SSSR count). The van der Waals surface area contributed by atoms with E-state index in [-0.39, 0.29) is 0 Å². The first-order chi connectivity index (χ1) is 9.93. The molecule has 0 saturated carbocycles. The molecule has 0 unspecified atom stereocenters. The van der Waals surface area contributed by atoms with Crippen molar-refractivity contribution < 1.29 is 0 Å². The van der Waals surface area contributed by atoms with Gasteiger partial charge in [-0.1, -0.05) is 0 Å². The lowest BCUT2D eigenvalue weighted by Crippen LogP contribution is -2.76. The van der Waals surface area contributed by atoms with Crippen LogP contribution in [-0.4, -0.2) is 151 Å². The monoisotopic (exact) mass is 234 g/mol. The van der Waals surface area contributed by atoms with Gasteiger partial charge in [0.25, 0.3) is 0 Å². The number of hydrogen-bond donors (Lipinski definition) is 0. The van der Waals surface area contributed by atoms with Gasteiger partial charge in [-0.3, -0.25) is 0 Å². The van der Waals surface area contributed by atoms with Crippen molar-refractivity contribution in [2.45, 2.75) is 0 Å². The predicted molar refractivity (Wildman–Crippen MR) is 122 cm³/mol. The second kappa shape index (κ2) is 10.3. The molecule has 0 atom stereocenters. The molecule has 0 N–H and O–H groups in total. The third-order valence-electron chi connectivity index (χ3n) is 3.56. The van der Waals surface area contributed by atoms with Crippen LogP contribution in [0.4, 0.5) is 0 Å². The molecule has 0 aromatic rings. The highest BCUT2D eigenvalue weighted by atomic mass is 13.2. The van der Waals surface area contributed by atoms with Gasteiger partial charge in [-0.2, -0.15) is 0 Å². The summed E-state index contributed by atoms with van der Waals surface area (Å²) in [5.74, 6) is 0. The minimum absolute atomic E-state index is 0.757. The van der Waals surface area contributed by atoms with Crippen LogP contribution < -0.4 is 0 Å². The van der Waals surface area contributed by atoms with E-state index in [1.807, 2.05) is 0 Å². The molecule has 0 amide bonds. The van der Waals surface area contributed by atoms with Crippen LogP contribution in [-0.2, 0) is 0 Å². The highest BCUT2D eigenvalue weighted by Gasteiger charge is 2.40. The molecule has 21 heavy (non-hydrogen) atoms. The molecule has 0 aliphatic carbocycles. The van der Waals surface area contributed by atoms with E-state index in [0.717, 1.165) is 0 Å². The van der Waals surface area contributed by atoms with Crippen LogP contribution in [0, 0.1) is 0 Å². The summed E-state index contributed by atoms with van der Waals surface area (Å²) in [7, 11) is 61.9. The smallest absolute Gasteiger partial charge is 0.0273 e. The maximum absolute atomic E-state index is 8.45. The van der Waals surface area contributed by atoms with Crippen molar-refractivity contribution >= 4 is 150 Å². The molecule has 0 aromatic carbocycles. The Labute approximate surface area is 150 Å². The molecule has 0 aromatic heterocycles. The number of rotatable bonds is 9. The van der Waals surface area contributed by atoms with Crippen LogP contribution >= 0.6 is 0 Å². The van der Waals surface area contributed by atoms with Crippen LogP contribution in [0.5, 0.6) is 0 Å². The van der Waals surface area contributed by atoms with E-state index in [4.69, 9.17) is 86.4 Å². The third-order valence-corrected chi connectivity index (χ3v) is 3.56. The largest absolute Gasteiger partial charge is 0.0388 e. The normalized spacial score (nSPS) is 9.81. The number of hydrogen-bond acceptors (Lipinski definition) is 0. The Morgan fingerprint density at radius 2 is 0.905 bits per heavy atom. The molecule has 21 heteroatoms. The Morgan fingerprint density at radius 3 is 1.14 bits per heavy atom. The molecule has 0 spiro atoms. The summed E-state index contributed by atoms with van der Waals surface area (Å²) in [6, 6.07) is 0. The Hall–Kier alpha value is 1.36. The Balaban J connectivity index is 5.74. The molecule has 0 aliphatic heterocycles. The van der Waals surface area contributed by atoms with Crippen LogP contribution in [0.15, 0.2) is 0 Å². The summed E-state index contributed by atoms with van der Waals surface area (Å²) in [4.78, 5) is 0. The average Bonchev–Trinajstić information content (AvgIpc) is 2.32. The van der Waals surface area contributed by atoms with E-state index >= 15 is 0 Å². The van der Waals surface area contributed by atoms with Crippen molar-refractivity contribution in [3.8, 4) is 0 Å². The quantitative estimate of drug-likeness (QED) is 0.345. The molecule has 0 nitrogen and oxygen atoms in total. The van der Waals surface area contributed by atoms with Gasteiger partial charge in [0.15, 0.2) is 0 Å². The van der Waals surface area contributed by atoms with Crippen molar-refractivity contribution in [3.63, 3.8) is 0 Å². The van der Waals surface area contributed by atoms with Gasteiger partial charge in [-0.15, -0.1) is 0 Å². The lowest BCUT2D eigenvalue weighted by Gasteiger charge is -2.37. The zero-order valence-electron chi connectivity index (χ0n) is 13.1. The van der Waals surface area contributed by atoms with Crippen molar-refractivity contribution in [2.24, 2.45) is 0 Å². The molecule has 64 valence electrons. The molecule has 0 bridgehead atoms. The van der Waals surface area contributed by atoms with Crippen LogP contribution in [0.1, 0.15) is 0 Å². The SMILES string of the molecule is [3H]B(B(B([B])[B])B([B])[B])B(B([B])B([B])[B])B(B([B])[B])B([B])[B]. The van der Waals surface area contributed by atoms with Gasteiger partial charge in [-0.25, -0.2) is 0 Å². The topological polar surface area (TPSA) is 0 Å². The van der Waals surface area contributed by atoms with Crippen LogP contribution in [0.3, 0.4) is 0 Å². The van der Waals surface area contributed by atoms with E-state index in [9.17, 15) is 0 Å². The van der Waals surface area contributed by atoms with E-state index in [1.165, 1.54) is 0 Å². The highest BCUT2D eigenvalue weighted by molar-refractivity contribution is 8.15. The Kier molecular flexibility index (Phi) is 9.99. The van der Waals surface area contributed by atoms with Gasteiger partial charge in [0.2, 0.25) is 0 Å². The summed E-state index contributed by atoms with van der Waals surface area (Å²) in [6.07, 6.45) is -8.03. The molecule has 0 heterocycles. The first-order valence-electron chi connectivity index (χ1n) is 7.24. The van der Waals surface area contributed by atoms with Gasteiger partial charge in [0.05, 0.1) is 0 Å². The summed E-state index contributed by atoms with van der Waals surface area (Å²) in [6.45, 7) is 0. The summed E-state index contributed by atoms with van der Waals surface area (Å²) >= 11 is 0. The van der Waals surface area contributed by atoms with E-state index < -0.39 is 64.5 Å². The summed E-state index contributed by atoms with van der Waals surface area (Å²) < 4.78 is 8.45. The fourth-order valence-corrected chi connectivity index (χ4v) is 2.31. The van der Waals surface area contributed by atoms with Gasteiger partial charge < -0.3 is 0 Å². The van der Waals surface area contributed by atoms with Gasteiger partial charge >= 0.3 is 0 Å². The maximum atomic E-state index is 8.45. The predicted octanol–water partition coefficient (Wildman–Crippen LogP) is -8.26. The van der Waals surface area contributed by atoms with Crippen molar-refractivity contribution in [2.75, 3.05) is 0 Å². The zero-order valence-corrected chi connectivity index (χ0v) is 12.1. The molecule has 22 radical (unpaired) electrons. The minimum Gasteiger partial charge on any atom is -0.0388 e. The van der Waals surface area contributed by atoms with Crippen molar-refractivity contribution in [1.29, 1.82) is 1.34 Å². The minimum atomic E-state index is -1.06. The van der Waals surface area contributed by atoms with Gasteiger partial charge in [-0.05, 0) is 1.34 Å². The van der Waals surface area contributed by atoms with E-state index in [2.05, 4.69) is 0 Å². The Morgan fingerprint density at radius 1 is 0.524 bits per heavy atom. The first kappa shape index (κ1) is 20.4. The van der Waals surface area contributed by atoms with Crippen molar-refractivity contribution in [3.05, 3.63) is 0 Å². The molecule has 0 aliphatic rings. The van der Waals surface area contributed by atoms with E-state index in [1.54, 1.807) is 0 Å². The maximum Gasteiger partial charge on any atom is 0.0273 e.